The number of carbonyl (C=O) groups is 3. The smallest absolute Gasteiger partial charge is 0.335 e. The van der Waals surface area contributed by atoms with Gasteiger partial charge < -0.3 is 25.4 Å². The molecule has 1 aliphatic carbocycles. The van der Waals surface area contributed by atoms with E-state index in [1.807, 2.05) is 50.0 Å². The van der Waals surface area contributed by atoms with E-state index in [2.05, 4.69) is 15.2 Å². The molecule has 0 fully saturated rings. The maximum atomic E-state index is 12.9. The van der Waals surface area contributed by atoms with Crippen LogP contribution in [0.15, 0.2) is 117 Å². The number of ether oxygens (including phenoxy) is 1. The first-order chi connectivity index (χ1) is 34.9. The largest absolute Gasteiger partial charge is 0.478 e. The maximum Gasteiger partial charge on any atom is 0.335 e. The van der Waals surface area contributed by atoms with Gasteiger partial charge in [-0.25, -0.2) is 4.79 Å². The second kappa shape index (κ2) is 22.9. The molecule has 0 saturated heterocycles. The number of hydrogen-bond donors (Lipinski definition) is 6. The Kier molecular flexibility index (Phi) is 17.2. The predicted octanol–water partition coefficient (Wildman–Crippen LogP) is 7.95. The van der Waals surface area contributed by atoms with Crippen molar-refractivity contribution >= 4 is 65.2 Å². The first kappa shape index (κ1) is 55.8. The number of carboxylic acid groups (broad SMARTS) is 1. The summed E-state index contributed by atoms with van der Waals surface area (Å²) in [5.74, 6) is -1.12. The number of amides is 2. The van der Waals surface area contributed by atoms with Crippen LogP contribution in [0.25, 0.3) is 0 Å². The molecule has 3 aromatic carbocycles. The monoisotopic (exact) mass is 1080 g/mol. The molecule has 3 aromatic rings. The Bertz CT molecular complexity index is 3190. The standard InChI is InChI=1S/C53H64N4O14S3/c1-52(2)42-34-40(73(65,66)67)22-24-44(42)56-31-9-5-7-15-49(59)55-30-29-54-48(58)14-6-4-8-28-53(3)43-35-41(74(68,69)70)23-25-45(43)57(32-11-33-72(62,63)64)47(53)27-19-37-13-10-12-36(18-26-46(52)56)50(37)71-39-20-16-38(17-21-39)51(60)61/h16-27,34-35H,4-15,28-33H2,1-3H3,(H5-,54,55,58,59,60,61,62,63,64,65,66,67,68,69,70)/p+1. The Morgan fingerprint density at radius 2 is 1.34 bits per heavy atom. The van der Waals surface area contributed by atoms with Gasteiger partial charge in [0.05, 0.1) is 26.5 Å². The highest BCUT2D eigenvalue weighted by atomic mass is 32.2. The van der Waals surface area contributed by atoms with Crippen LogP contribution in [0.5, 0.6) is 5.75 Å². The number of carbonyl (C=O) groups excluding carboxylic acids is 2. The summed E-state index contributed by atoms with van der Waals surface area (Å²) in [7, 11) is -13.5. The topological polar surface area (TPSA) is 274 Å². The van der Waals surface area contributed by atoms with Crippen molar-refractivity contribution in [1.29, 1.82) is 0 Å². The fourth-order valence-corrected chi connectivity index (χ4v) is 11.9. The highest BCUT2D eigenvalue weighted by molar-refractivity contribution is 7.86. The Morgan fingerprint density at radius 1 is 0.716 bits per heavy atom. The molecule has 2 amide bonds. The zero-order valence-electron chi connectivity index (χ0n) is 41.8. The van der Waals surface area contributed by atoms with Crippen molar-refractivity contribution < 1.29 is 67.7 Å². The molecule has 21 heteroatoms. The molecule has 18 nitrogen and oxygen atoms in total. The average Bonchev–Trinajstić information content (AvgIpc) is 3.68. The van der Waals surface area contributed by atoms with Crippen LogP contribution < -0.4 is 20.3 Å². The lowest BCUT2D eigenvalue weighted by Gasteiger charge is -2.31. The van der Waals surface area contributed by atoms with Gasteiger partial charge in [-0.05, 0) is 156 Å². The zero-order chi connectivity index (χ0) is 53.6. The molecule has 1 atom stereocenters. The summed E-state index contributed by atoms with van der Waals surface area (Å²) in [5.41, 5.74) is 3.98. The normalized spacial score (nSPS) is 22.6. The van der Waals surface area contributed by atoms with Crippen LogP contribution in [0, 0.1) is 0 Å². The van der Waals surface area contributed by atoms with Gasteiger partial charge in [0.2, 0.25) is 17.5 Å². The molecular formula is C53H65N4O14S3+. The fourth-order valence-electron chi connectivity index (χ4n) is 10.4. The van der Waals surface area contributed by atoms with Crippen LogP contribution in [-0.2, 0) is 50.8 Å². The Hall–Kier alpha value is -5.97. The van der Waals surface area contributed by atoms with Gasteiger partial charge in [-0.1, -0.05) is 18.9 Å². The number of benzene rings is 3. The van der Waals surface area contributed by atoms with E-state index >= 15 is 0 Å². The number of fused-ring (bicyclic) bond motifs is 6. The summed E-state index contributed by atoms with van der Waals surface area (Å²) in [5, 5.41) is 15.4. The van der Waals surface area contributed by atoms with Gasteiger partial charge in [0.1, 0.15) is 18.1 Å². The molecule has 4 aliphatic rings. The fraction of sp³-hybridized carbons (Fsp3) is 0.434. The van der Waals surface area contributed by atoms with E-state index in [1.54, 1.807) is 24.3 Å². The lowest BCUT2D eigenvalue weighted by Crippen LogP contribution is -2.34. The number of anilines is 1. The molecule has 398 valence electrons. The first-order valence-corrected chi connectivity index (χ1v) is 29.3. The molecule has 0 saturated carbocycles. The minimum absolute atomic E-state index is 0.00381. The quantitative estimate of drug-likeness (QED) is 0.0876. The van der Waals surface area contributed by atoms with E-state index in [-0.39, 0.29) is 66.1 Å². The Labute approximate surface area is 433 Å². The van der Waals surface area contributed by atoms with E-state index in [0.29, 0.717) is 105 Å². The molecule has 1 unspecified atom stereocenters. The minimum atomic E-state index is -4.66. The SMILES string of the molecule is CC1(C)C2=[N+](CCCCCC(=O)NCCNC(=O)CCCCCC3(C)/C(=C/C=C4\CCCC(=C4Oc4ccc(C(=O)O)cc4)/C=C/2)N(CCCS(=O)(=O)O)c2ccc(S(=O)(=O)O)cc23)c2ccc(S(=O)(=O)O)cc21. The third-order valence-electron chi connectivity index (χ3n) is 14.3. The van der Waals surface area contributed by atoms with Gasteiger partial charge in [0.25, 0.3) is 30.4 Å². The van der Waals surface area contributed by atoms with Gasteiger partial charge in [-0.3, -0.25) is 23.2 Å². The number of carboxylic acids is 1. The molecule has 3 heterocycles. The number of nitrogens with one attached hydrogen (secondary N) is 2. The molecule has 3 aliphatic heterocycles. The van der Waals surface area contributed by atoms with E-state index in [1.165, 1.54) is 36.4 Å². The van der Waals surface area contributed by atoms with Crippen molar-refractivity contribution in [2.45, 2.75) is 125 Å². The third-order valence-corrected chi connectivity index (χ3v) is 16.8. The molecule has 0 spiro atoms. The highest BCUT2D eigenvalue weighted by Gasteiger charge is 2.46. The first-order valence-electron chi connectivity index (χ1n) is 24.9. The van der Waals surface area contributed by atoms with E-state index < -0.39 is 52.9 Å². The molecule has 74 heavy (non-hydrogen) atoms. The van der Waals surface area contributed by atoms with Crippen LogP contribution in [0.1, 0.15) is 126 Å². The number of aromatic carboxylic acids is 1. The van der Waals surface area contributed by atoms with E-state index in [0.717, 1.165) is 22.5 Å². The van der Waals surface area contributed by atoms with Gasteiger partial charge in [-0.2, -0.15) is 29.8 Å². The van der Waals surface area contributed by atoms with Crippen molar-refractivity contribution in [1.82, 2.24) is 10.6 Å². The summed E-state index contributed by atoms with van der Waals surface area (Å²) in [6.45, 7) is 7.01. The number of allylic oxidation sites excluding steroid dienone is 7. The maximum absolute atomic E-state index is 12.9. The highest BCUT2D eigenvalue weighted by Crippen LogP contribution is 2.52. The summed E-state index contributed by atoms with van der Waals surface area (Å²) >= 11 is 0. The minimum Gasteiger partial charge on any atom is -0.478 e. The molecule has 7 rings (SSSR count). The predicted molar refractivity (Wildman–Crippen MR) is 279 cm³/mol. The Balaban J connectivity index is 1.39. The van der Waals surface area contributed by atoms with Crippen LogP contribution in [-0.4, -0.2) is 104 Å². The number of rotatable bonds is 9. The van der Waals surface area contributed by atoms with Crippen molar-refractivity contribution in [3.05, 3.63) is 124 Å². The molecule has 0 aromatic heterocycles. The molecule has 0 radical (unpaired) electrons. The van der Waals surface area contributed by atoms with Crippen LogP contribution in [0.2, 0.25) is 0 Å². The summed E-state index contributed by atoms with van der Waals surface area (Å²) in [4.78, 5) is 38.8. The molecule has 6 N–H and O–H groups in total. The lowest BCUT2D eigenvalue weighted by atomic mass is 9.77. The molecule has 2 bridgehead atoms. The van der Waals surface area contributed by atoms with Crippen molar-refractivity contribution in [3.63, 3.8) is 0 Å². The zero-order valence-corrected chi connectivity index (χ0v) is 44.3. The average molecular weight is 1080 g/mol. The third kappa shape index (κ3) is 13.3. The number of nitrogens with zero attached hydrogens (tertiary/aromatic N) is 2. The lowest BCUT2D eigenvalue weighted by molar-refractivity contribution is -0.438. The summed E-state index contributed by atoms with van der Waals surface area (Å²) < 4.78 is 113. The van der Waals surface area contributed by atoms with E-state index in [9.17, 15) is 58.4 Å². The summed E-state index contributed by atoms with van der Waals surface area (Å²) in [6.07, 6.45) is 14.2. The van der Waals surface area contributed by atoms with Crippen LogP contribution >= 0.6 is 0 Å². The second-order valence-electron chi connectivity index (χ2n) is 19.9. The summed E-state index contributed by atoms with van der Waals surface area (Å²) in [6, 6.07) is 14.8. The second-order valence-corrected chi connectivity index (χ2v) is 24.3. The number of hydrogen-bond acceptors (Lipinski definition) is 11. The van der Waals surface area contributed by atoms with Gasteiger partial charge in [-0.15, -0.1) is 0 Å². The van der Waals surface area contributed by atoms with Gasteiger partial charge >= 0.3 is 5.97 Å². The van der Waals surface area contributed by atoms with Crippen molar-refractivity contribution in [3.8, 4) is 5.75 Å². The van der Waals surface area contributed by atoms with Gasteiger partial charge in [0, 0.05) is 73.4 Å². The van der Waals surface area contributed by atoms with Crippen molar-refractivity contribution in [2.24, 2.45) is 0 Å². The van der Waals surface area contributed by atoms with Gasteiger partial charge in [0.15, 0.2) is 5.71 Å². The Morgan fingerprint density at radius 3 is 1.96 bits per heavy atom. The van der Waals surface area contributed by atoms with E-state index in [4.69, 9.17) is 4.74 Å². The van der Waals surface area contributed by atoms with Crippen LogP contribution in [0.4, 0.5) is 11.4 Å². The van der Waals surface area contributed by atoms with Crippen molar-refractivity contribution in [2.75, 3.05) is 36.8 Å². The van der Waals surface area contributed by atoms with Crippen LogP contribution in [0.3, 0.4) is 0 Å². The molecular weight excluding hydrogens is 1010 g/mol.